The van der Waals surface area contributed by atoms with Gasteiger partial charge in [-0.3, -0.25) is 4.90 Å². The summed E-state index contributed by atoms with van der Waals surface area (Å²) in [6.45, 7) is 6.82. The van der Waals surface area contributed by atoms with Crippen LogP contribution in [0.4, 0.5) is 0 Å². The fourth-order valence-electron chi connectivity index (χ4n) is 2.40. The molecule has 2 atom stereocenters. The van der Waals surface area contributed by atoms with E-state index in [1.54, 1.807) is 6.07 Å². The summed E-state index contributed by atoms with van der Waals surface area (Å²) in [5, 5.41) is 9.48. The molecule has 0 amide bonds. The molecule has 0 N–H and O–H groups in total. The minimum atomic E-state index is 0. The van der Waals surface area contributed by atoms with Gasteiger partial charge in [0.05, 0.1) is 23.8 Å². The Morgan fingerprint density at radius 2 is 2.00 bits per heavy atom. The third-order valence-electron chi connectivity index (χ3n) is 3.07. The molecule has 1 saturated heterocycles. The molecule has 1 aliphatic rings. The zero-order valence-corrected chi connectivity index (χ0v) is 12.6. The Morgan fingerprint density at radius 3 is 2.53 bits per heavy atom. The summed E-state index contributed by atoms with van der Waals surface area (Å²) >= 11 is 6.19. The van der Waals surface area contributed by atoms with Crippen molar-refractivity contribution in [1.29, 1.82) is 5.26 Å². The Labute approximate surface area is 125 Å². The minimum absolute atomic E-state index is 0. The summed E-state index contributed by atoms with van der Waals surface area (Å²) in [5.74, 6) is 0. The molecule has 3 nitrogen and oxygen atoms in total. The lowest BCUT2D eigenvalue weighted by atomic mass is 10.1. The fourth-order valence-corrected chi connectivity index (χ4v) is 2.64. The van der Waals surface area contributed by atoms with Crippen molar-refractivity contribution in [3.63, 3.8) is 0 Å². The van der Waals surface area contributed by atoms with Gasteiger partial charge in [-0.05, 0) is 31.5 Å². The molecular weight excluding hydrogens is 283 g/mol. The van der Waals surface area contributed by atoms with Gasteiger partial charge in [0.1, 0.15) is 0 Å². The molecule has 1 heterocycles. The van der Waals surface area contributed by atoms with Gasteiger partial charge >= 0.3 is 0 Å². The summed E-state index contributed by atoms with van der Waals surface area (Å²) in [6.07, 6.45) is 0.511. The van der Waals surface area contributed by atoms with E-state index in [0.717, 1.165) is 25.2 Å². The van der Waals surface area contributed by atoms with Crippen molar-refractivity contribution in [2.24, 2.45) is 0 Å². The summed E-state index contributed by atoms with van der Waals surface area (Å²) in [5.41, 5.74) is 1.67. The van der Waals surface area contributed by atoms with Gasteiger partial charge in [-0.25, -0.2) is 0 Å². The van der Waals surface area contributed by atoms with E-state index in [9.17, 15) is 0 Å². The van der Waals surface area contributed by atoms with Crippen LogP contribution in [0.3, 0.4) is 0 Å². The first-order valence-corrected chi connectivity index (χ1v) is 6.52. The molecule has 5 heteroatoms. The summed E-state index contributed by atoms with van der Waals surface area (Å²) in [6, 6.07) is 7.57. The molecule has 104 valence electrons. The van der Waals surface area contributed by atoms with Crippen LogP contribution in [-0.4, -0.2) is 30.2 Å². The fraction of sp³-hybridized carbons (Fsp3) is 0.500. The van der Waals surface area contributed by atoms with Crippen LogP contribution in [0.5, 0.6) is 0 Å². The Balaban J connectivity index is 0.00000180. The van der Waals surface area contributed by atoms with Crippen molar-refractivity contribution in [3.8, 4) is 6.07 Å². The number of rotatable bonds is 2. The number of hydrogen-bond donors (Lipinski definition) is 0. The summed E-state index contributed by atoms with van der Waals surface area (Å²) in [7, 11) is 0. The van der Waals surface area contributed by atoms with E-state index in [-0.39, 0.29) is 24.6 Å². The van der Waals surface area contributed by atoms with Crippen molar-refractivity contribution in [2.45, 2.75) is 32.6 Å². The van der Waals surface area contributed by atoms with E-state index < -0.39 is 0 Å². The van der Waals surface area contributed by atoms with Crippen molar-refractivity contribution in [1.82, 2.24) is 4.90 Å². The zero-order valence-electron chi connectivity index (χ0n) is 11.1. The predicted octanol–water partition coefficient (Wildman–Crippen LogP) is -0.175. The Kier molecular flexibility index (Phi) is 6.09. The van der Waals surface area contributed by atoms with Crippen LogP contribution in [0.1, 0.15) is 25.0 Å². The molecule has 0 spiro atoms. The first-order chi connectivity index (χ1) is 8.58. The lowest BCUT2D eigenvalue weighted by molar-refractivity contribution is -0.0704. The quantitative estimate of drug-likeness (QED) is 0.760. The molecule has 19 heavy (non-hydrogen) atoms. The van der Waals surface area contributed by atoms with Crippen LogP contribution in [-0.2, 0) is 11.3 Å². The SMILES string of the molecule is CC1CN(Cc2ccc(C#N)cc2Cl)CC(C)O1.[Cl-]. The molecule has 1 aromatic carbocycles. The van der Waals surface area contributed by atoms with Gasteiger partial charge in [-0.2, -0.15) is 5.26 Å². The molecule has 2 rings (SSSR count). The van der Waals surface area contributed by atoms with Crippen LogP contribution in [0.2, 0.25) is 5.02 Å². The number of nitrogens with zero attached hydrogens (tertiary/aromatic N) is 2. The average Bonchev–Trinajstić information content (AvgIpc) is 2.30. The molecule has 1 fully saturated rings. The van der Waals surface area contributed by atoms with Crippen LogP contribution in [0, 0.1) is 11.3 Å². The van der Waals surface area contributed by atoms with Gasteiger partial charge in [0.2, 0.25) is 0 Å². The molecule has 0 aromatic heterocycles. The highest BCUT2D eigenvalue weighted by molar-refractivity contribution is 6.31. The second kappa shape index (κ2) is 7.12. The Morgan fingerprint density at radius 1 is 1.37 bits per heavy atom. The maximum absolute atomic E-state index is 8.81. The lowest BCUT2D eigenvalue weighted by Gasteiger charge is -2.35. The molecule has 1 aromatic rings. The first kappa shape index (κ1) is 16.3. The van der Waals surface area contributed by atoms with Gasteiger partial charge in [-0.15, -0.1) is 0 Å². The van der Waals surface area contributed by atoms with E-state index in [2.05, 4.69) is 24.8 Å². The monoisotopic (exact) mass is 299 g/mol. The maximum Gasteiger partial charge on any atom is 0.0992 e. The number of benzene rings is 1. The van der Waals surface area contributed by atoms with Gasteiger partial charge in [0, 0.05) is 24.7 Å². The van der Waals surface area contributed by atoms with Crippen molar-refractivity contribution in [3.05, 3.63) is 34.3 Å². The summed E-state index contributed by atoms with van der Waals surface area (Å²) < 4.78 is 5.70. The number of hydrogen-bond acceptors (Lipinski definition) is 3. The molecule has 1 aliphatic heterocycles. The van der Waals surface area contributed by atoms with E-state index in [4.69, 9.17) is 21.6 Å². The van der Waals surface area contributed by atoms with Crippen LogP contribution < -0.4 is 12.4 Å². The number of ether oxygens (including phenoxy) is 1. The number of morpholine rings is 1. The average molecular weight is 300 g/mol. The predicted molar refractivity (Wildman–Crippen MR) is 71.5 cm³/mol. The van der Waals surface area contributed by atoms with E-state index in [0.29, 0.717) is 10.6 Å². The van der Waals surface area contributed by atoms with Crippen molar-refractivity contribution >= 4 is 11.6 Å². The van der Waals surface area contributed by atoms with Gasteiger partial charge < -0.3 is 17.1 Å². The first-order valence-electron chi connectivity index (χ1n) is 6.15. The van der Waals surface area contributed by atoms with Crippen molar-refractivity contribution in [2.75, 3.05) is 13.1 Å². The topological polar surface area (TPSA) is 36.3 Å². The highest BCUT2D eigenvalue weighted by atomic mass is 35.5. The van der Waals surface area contributed by atoms with Crippen molar-refractivity contribution < 1.29 is 17.1 Å². The maximum atomic E-state index is 8.81. The Hall–Kier alpha value is -0.790. The third kappa shape index (κ3) is 4.36. The molecule has 0 bridgehead atoms. The van der Waals surface area contributed by atoms with E-state index in [1.807, 2.05) is 12.1 Å². The second-order valence-electron chi connectivity index (χ2n) is 4.87. The molecule has 2 unspecified atom stereocenters. The third-order valence-corrected chi connectivity index (χ3v) is 3.42. The second-order valence-corrected chi connectivity index (χ2v) is 5.28. The van der Waals surface area contributed by atoms with Gasteiger partial charge in [0.25, 0.3) is 0 Å². The standard InChI is InChI=1S/C14H17ClN2O.ClH/c1-10-7-17(8-11(2)18-10)9-13-4-3-12(6-16)5-14(13)15;/h3-5,10-11H,7-9H2,1-2H3;1H/p-1. The smallest absolute Gasteiger partial charge is 0.0992 e. The van der Waals surface area contributed by atoms with Crippen LogP contribution in [0.15, 0.2) is 18.2 Å². The van der Waals surface area contributed by atoms with Crippen LogP contribution >= 0.6 is 11.6 Å². The number of nitriles is 1. The Bertz CT molecular complexity index is 463. The molecule has 0 saturated carbocycles. The van der Waals surface area contributed by atoms with Crippen LogP contribution in [0.25, 0.3) is 0 Å². The van der Waals surface area contributed by atoms with Gasteiger partial charge in [-0.1, -0.05) is 17.7 Å². The van der Waals surface area contributed by atoms with Gasteiger partial charge in [0.15, 0.2) is 0 Å². The minimum Gasteiger partial charge on any atom is -1.00 e. The normalized spacial score (nSPS) is 23.5. The largest absolute Gasteiger partial charge is 1.00 e. The highest BCUT2D eigenvalue weighted by Gasteiger charge is 2.22. The molecule has 0 radical (unpaired) electrons. The lowest BCUT2D eigenvalue weighted by Crippen LogP contribution is -3.00. The highest BCUT2D eigenvalue weighted by Crippen LogP contribution is 2.21. The zero-order chi connectivity index (χ0) is 13.1. The molecular formula is C14H17Cl2N2O-. The summed E-state index contributed by atoms with van der Waals surface area (Å²) in [4.78, 5) is 2.34. The van der Waals surface area contributed by atoms with E-state index >= 15 is 0 Å². The number of halogens is 2. The van der Waals surface area contributed by atoms with E-state index in [1.165, 1.54) is 0 Å². The molecule has 0 aliphatic carbocycles.